The molecule has 0 atom stereocenters. The fraction of sp³-hybridized carbons (Fsp3) is 0.391. The Morgan fingerprint density at radius 1 is 0.967 bits per heavy atom. The average molecular weight is 433 g/mol. The van der Waals surface area contributed by atoms with E-state index < -0.39 is 15.8 Å². The minimum absolute atomic E-state index is 0.0391. The number of sulfonamides is 1. The quantitative estimate of drug-likeness (QED) is 0.373. The van der Waals surface area contributed by atoms with Crippen LogP contribution in [0.25, 0.3) is 0 Å². The summed E-state index contributed by atoms with van der Waals surface area (Å²) >= 11 is 0. The molecule has 0 unspecified atom stereocenters. The number of anilines is 1. The van der Waals surface area contributed by atoms with E-state index in [9.17, 15) is 12.8 Å². The van der Waals surface area contributed by atoms with Crippen molar-refractivity contribution in [2.45, 2.75) is 30.6 Å². The van der Waals surface area contributed by atoms with Gasteiger partial charge in [0.2, 0.25) is 0 Å². The van der Waals surface area contributed by atoms with Crippen molar-refractivity contribution in [2.75, 3.05) is 38.1 Å². The second-order valence-corrected chi connectivity index (χ2v) is 9.09. The molecule has 0 N–H and O–H groups in total. The molecule has 2 aromatic carbocycles. The summed E-state index contributed by atoms with van der Waals surface area (Å²) in [5, 5.41) is 0. The van der Waals surface area contributed by atoms with Crippen LogP contribution in [0.1, 0.15) is 25.7 Å². The predicted molar refractivity (Wildman–Crippen MR) is 119 cm³/mol. The summed E-state index contributed by atoms with van der Waals surface area (Å²) in [6, 6.07) is 11.7. The summed E-state index contributed by atoms with van der Waals surface area (Å²) in [4.78, 5) is 2.17. The molecule has 0 radical (unpaired) electrons. The highest BCUT2D eigenvalue weighted by atomic mass is 32.2. The number of nitrogens with zero attached hydrogens (tertiary/aromatic N) is 2. The summed E-state index contributed by atoms with van der Waals surface area (Å²) in [6.45, 7) is 2.30. The molecule has 0 aliphatic rings. The van der Waals surface area contributed by atoms with E-state index in [1.54, 1.807) is 24.3 Å². The predicted octanol–water partition coefficient (Wildman–Crippen LogP) is 4.16. The van der Waals surface area contributed by atoms with Gasteiger partial charge in [0.15, 0.2) is 0 Å². The molecule has 0 heterocycles. The van der Waals surface area contributed by atoms with Gasteiger partial charge >= 0.3 is 0 Å². The van der Waals surface area contributed by atoms with E-state index in [1.165, 1.54) is 23.5 Å². The van der Waals surface area contributed by atoms with Gasteiger partial charge in [-0.3, -0.25) is 9.21 Å². The first-order chi connectivity index (χ1) is 14.3. The first-order valence-electron chi connectivity index (χ1n) is 9.94. The SMILES string of the molecule is C#CCN(C)CCCCCCOc1ccc(N(C)S(=O)(=O)c2ccc(F)cc2)cc1. The molecular weight excluding hydrogens is 403 g/mol. The number of hydrogen-bond donors (Lipinski definition) is 0. The molecule has 0 aliphatic heterocycles. The lowest BCUT2D eigenvalue weighted by Gasteiger charge is -2.20. The molecule has 30 heavy (non-hydrogen) atoms. The highest BCUT2D eigenvalue weighted by Gasteiger charge is 2.21. The normalized spacial score (nSPS) is 11.3. The Morgan fingerprint density at radius 3 is 2.23 bits per heavy atom. The molecule has 0 saturated carbocycles. The van der Waals surface area contributed by atoms with Gasteiger partial charge < -0.3 is 4.74 Å². The van der Waals surface area contributed by atoms with Crippen LogP contribution in [-0.2, 0) is 10.0 Å². The summed E-state index contributed by atoms with van der Waals surface area (Å²) < 4.78 is 45.3. The lowest BCUT2D eigenvalue weighted by molar-refractivity contribution is 0.300. The fourth-order valence-electron chi connectivity index (χ4n) is 2.92. The molecule has 2 aromatic rings. The number of terminal acetylenes is 1. The highest BCUT2D eigenvalue weighted by Crippen LogP contribution is 2.24. The Kier molecular flexibility index (Phi) is 9.15. The molecule has 0 aliphatic carbocycles. The minimum atomic E-state index is -3.75. The van der Waals surface area contributed by atoms with E-state index in [2.05, 4.69) is 10.8 Å². The minimum Gasteiger partial charge on any atom is -0.494 e. The van der Waals surface area contributed by atoms with Crippen molar-refractivity contribution in [3.8, 4) is 18.1 Å². The molecule has 0 saturated heterocycles. The zero-order valence-corrected chi connectivity index (χ0v) is 18.4. The van der Waals surface area contributed by atoms with Crippen LogP contribution in [0.4, 0.5) is 10.1 Å². The van der Waals surface area contributed by atoms with Crippen LogP contribution in [0.3, 0.4) is 0 Å². The van der Waals surface area contributed by atoms with Crippen LogP contribution < -0.4 is 9.04 Å². The van der Waals surface area contributed by atoms with Gasteiger partial charge in [-0.15, -0.1) is 6.42 Å². The van der Waals surface area contributed by atoms with Crippen molar-refractivity contribution in [2.24, 2.45) is 0 Å². The van der Waals surface area contributed by atoms with Gasteiger partial charge in [-0.05, 0) is 75.0 Å². The Bertz CT molecular complexity index is 922. The van der Waals surface area contributed by atoms with Crippen molar-refractivity contribution in [1.82, 2.24) is 4.90 Å². The third-order valence-electron chi connectivity index (χ3n) is 4.74. The number of ether oxygens (including phenoxy) is 1. The molecule has 2 rings (SSSR count). The van der Waals surface area contributed by atoms with Gasteiger partial charge in [0, 0.05) is 7.05 Å². The average Bonchev–Trinajstić information content (AvgIpc) is 2.73. The van der Waals surface area contributed by atoms with E-state index in [0.717, 1.165) is 44.4 Å². The Morgan fingerprint density at radius 2 is 1.60 bits per heavy atom. The van der Waals surface area contributed by atoms with Gasteiger partial charge in [-0.1, -0.05) is 18.8 Å². The number of benzene rings is 2. The van der Waals surface area contributed by atoms with Gasteiger partial charge in [0.05, 0.1) is 23.7 Å². The molecule has 5 nitrogen and oxygen atoms in total. The van der Waals surface area contributed by atoms with Crippen molar-refractivity contribution in [3.05, 3.63) is 54.3 Å². The largest absolute Gasteiger partial charge is 0.494 e. The van der Waals surface area contributed by atoms with E-state index in [0.29, 0.717) is 24.6 Å². The number of halogens is 1. The first-order valence-corrected chi connectivity index (χ1v) is 11.4. The molecule has 0 fully saturated rings. The van der Waals surface area contributed by atoms with Crippen LogP contribution in [0.15, 0.2) is 53.4 Å². The Labute approximate surface area is 179 Å². The number of unbranched alkanes of at least 4 members (excludes halogenated alkanes) is 3. The number of rotatable bonds is 12. The lowest BCUT2D eigenvalue weighted by atomic mass is 10.2. The zero-order valence-electron chi connectivity index (χ0n) is 17.6. The van der Waals surface area contributed by atoms with Crippen LogP contribution in [-0.4, -0.2) is 47.1 Å². The standard InChI is InChI=1S/C23H29FN2O3S/c1-4-17-25(2)18-7-5-6-8-19-29-22-13-11-21(12-14-22)26(3)30(27,28)23-15-9-20(24)10-16-23/h1,9-16H,5-8,17-19H2,2-3H3. The second kappa shape index (κ2) is 11.6. The van der Waals surface area contributed by atoms with Crippen molar-refractivity contribution >= 4 is 15.7 Å². The van der Waals surface area contributed by atoms with E-state index >= 15 is 0 Å². The summed E-state index contributed by atoms with van der Waals surface area (Å²) in [7, 11) is -0.259. The molecule has 0 aromatic heterocycles. The Balaban J connectivity index is 1.78. The zero-order chi connectivity index (χ0) is 22.0. The van der Waals surface area contributed by atoms with Crippen LogP contribution in [0, 0.1) is 18.2 Å². The van der Waals surface area contributed by atoms with E-state index in [4.69, 9.17) is 11.2 Å². The van der Waals surface area contributed by atoms with Crippen molar-refractivity contribution in [1.29, 1.82) is 0 Å². The second-order valence-electron chi connectivity index (χ2n) is 7.12. The van der Waals surface area contributed by atoms with Gasteiger partial charge in [-0.25, -0.2) is 12.8 Å². The number of hydrogen-bond acceptors (Lipinski definition) is 4. The van der Waals surface area contributed by atoms with E-state index in [1.807, 2.05) is 7.05 Å². The molecule has 0 spiro atoms. The first kappa shape index (κ1) is 23.7. The highest BCUT2D eigenvalue weighted by molar-refractivity contribution is 7.92. The van der Waals surface area contributed by atoms with Gasteiger partial charge in [0.1, 0.15) is 11.6 Å². The van der Waals surface area contributed by atoms with Crippen molar-refractivity contribution < 1.29 is 17.5 Å². The lowest BCUT2D eigenvalue weighted by Crippen LogP contribution is -2.26. The topological polar surface area (TPSA) is 49.9 Å². The van der Waals surface area contributed by atoms with Gasteiger partial charge in [0.25, 0.3) is 10.0 Å². The summed E-state index contributed by atoms with van der Waals surface area (Å²) in [6.07, 6.45) is 9.56. The molecule has 7 heteroatoms. The van der Waals surface area contributed by atoms with Crippen molar-refractivity contribution in [3.63, 3.8) is 0 Å². The molecular formula is C23H29FN2O3S. The third kappa shape index (κ3) is 7.05. The fourth-order valence-corrected chi connectivity index (χ4v) is 4.11. The van der Waals surface area contributed by atoms with Crippen LogP contribution in [0.5, 0.6) is 5.75 Å². The van der Waals surface area contributed by atoms with Crippen LogP contribution in [0.2, 0.25) is 0 Å². The maximum atomic E-state index is 13.1. The maximum absolute atomic E-state index is 13.1. The molecule has 0 amide bonds. The maximum Gasteiger partial charge on any atom is 0.264 e. The Hall–Kier alpha value is -2.56. The van der Waals surface area contributed by atoms with Gasteiger partial charge in [-0.2, -0.15) is 0 Å². The third-order valence-corrected chi connectivity index (χ3v) is 6.54. The monoisotopic (exact) mass is 432 g/mol. The smallest absolute Gasteiger partial charge is 0.264 e. The van der Waals surface area contributed by atoms with E-state index in [-0.39, 0.29) is 4.90 Å². The van der Waals surface area contributed by atoms with Crippen LogP contribution >= 0.6 is 0 Å². The molecule has 0 bridgehead atoms. The summed E-state index contributed by atoms with van der Waals surface area (Å²) in [5.41, 5.74) is 0.503. The summed E-state index contributed by atoms with van der Waals surface area (Å²) in [5.74, 6) is 2.85. The molecule has 162 valence electrons.